The van der Waals surface area contributed by atoms with Crippen LogP contribution in [0.15, 0.2) is 4.52 Å². The standard InChI is InChI=1S/C16H24N2O/c1-10-14(2-3-17)19-18-15(10)16-7-11-4-12(8-16)6-13(5-11)9-16/h11-13H,2-9,17H2,1H3. The molecule has 4 aliphatic rings. The molecule has 4 saturated carbocycles. The van der Waals surface area contributed by atoms with Crippen LogP contribution in [-0.4, -0.2) is 11.7 Å². The molecule has 3 nitrogen and oxygen atoms in total. The van der Waals surface area contributed by atoms with Crippen LogP contribution in [0.3, 0.4) is 0 Å². The molecule has 5 rings (SSSR count). The van der Waals surface area contributed by atoms with Crippen molar-refractivity contribution in [3.05, 3.63) is 17.0 Å². The summed E-state index contributed by atoms with van der Waals surface area (Å²) < 4.78 is 5.60. The molecule has 0 radical (unpaired) electrons. The largest absolute Gasteiger partial charge is 0.361 e. The van der Waals surface area contributed by atoms with Crippen molar-refractivity contribution in [2.24, 2.45) is 23.5 Å². The predicted octanol–water partition coefficient (Wildman–Crippen LogP) is 2.95. The van der Waals surface area contributed by atoms with Gasteiger partial charge in [0.15, 0.2) is 0 Å². The molecule has 4 fully saturated rings. The van der Waals surface area contributed by atoms with Crippen LogP contribution in [-0.2, 0) is 11.8 Å². The maximum Gasteiger partial charge on any atom is 0.141 e. The summed E-state index contributed by atoms with van der Waals surface area (Å²) in [6, 6.07) is 0. The third-order valence-corrected chi connectivity index (χ3v) is 5.93. The highest BCUT2D eigenvalue weighted by atomic mass is 16.5. The number of aromatic nitrogens is 1. The molecular formula is C16H24N2O. The van der Waals surface area contributed by atoms with Gasteiger partial charge in [0.1, 0.15) is 5.76 Å². The van der Waals surface area contributed by atoms with E-state index in [2.05, 4.69) is 12.1 Å². The monoisotopic (exact) mass is 260 g/mol. The lowest BCUT2D eigenvalue weighted by Gasteiger charge is -2.56. The van der Waals surface area contributed by atoms with E-state index >= 15 is 0 Å². The fourth-order valence-corrected chi connectivity index (χ4v) is 5.63. The van der Waals surface area contributed by atoms with Gasteiger partial charge in [0.05, 0.1) is 5.69 Å². The van der Waals surface area contributed by atoms with Crippen molar-refractivity contribution in [2.45, 2.75) is 57.3 Å². The molecule has 104 valence electrons. The van der Waals surface area contributed by atoms with E-state index in [1.165, 1.54) is 49.8 Å². The van der Waals surface area contributed by atoms with Crippen molar-refractivity contribution in [1.29, 1.82) is 0 Å². The van der Waals surface area contributed by atoms with Crippen LogP contribution >= 0.6 is 0 Å². The van der Waals surface area contributed by atoms with E-state index in [1.54, 1.807) is 0 Å². The molecule has 0 aliphatic heterocycles. The average Bonchev–Trinajstić information content (AvgIpc) is 2.70. The first kappa shape index (κ1) is 12.0. The minimum absolute atomic E-state index is 0.356. The third-order valence-electron chi connectivity index (χ3n) is 5.93. The van der Waals surface area contributed by atoms with Gasteiger partial charge in [0.25, 0.3) is 0 Å². The Morgan fingerprint density at radius 1 is 1.16 bits per heavy atom. The zero-order valence-electron chi connectivity index (χ0n) is 11.8. The van der Waals surface area contributed by atoms with Gasteiger partial charge >= 0.3 is 0 Å². The highest BCUT2D eigenvalue weighted by Crippen LogP contribution is 2.60. The van der Waals surface area contributed by atoms with Gasteiger partial charge in [0.2, 0.25) is 0 Å². The van der Waals surface area contributed by atoms with Crippen molar-refractivity contribution in [3.63, 3.8) is 0 Å². The van der Waals surface area contributed by atoms with E-state index in [4.69, 9.17) is 10.3 Å². The molecule has 1 aromatic rings. The SMILES string of the molecule is Cc1c(C23CC4CC(CC(C4)C2)C3)noc1CCN. The molecular weight excluding hydrogens is 236 g/mol. The average molecular weight is 260 g/mol. The lowest BCUT2D eigenvalue weighted by molar-refractivity contribution is -0.00871. The Morgan fingerprint density at radius 2 is 1.74 bits per heavy atom. The summed E-state index contributed by atoms with van der Waals surface area (Å²) in [5.41, 5.74) is 8.60. The van der Waals surface area contributed by atoms with Crippen LogP contribution in [0.25, 0.3) is 0 Å². The zero-order valence-corrected chi connectivity index (χ0v) is 11.8. The van der Waals surface area contributed by atoms with E-state index in [1.807, 2.05) is 0 Å². The maximum absolute atomic E-state index is 5.66. The van der Waals surface area contributed by atoms with Gasteiger partial charge < -0.3 is 10.3 Å². The van der Waals surface area contributed by atoms with Crippen LogP contribution < -0.4 is 5.73 Å². The van der Waals surface area contributed by atoms with E-state index in [9.17, 15) is 0 Å². The van der Waals surface area contributed by atoms with Crippen molar-refractivity contribution < 1.29 is 4.52 Å². The van der Waals surface area contributed by atoms with Crippen molar-refractivity contribution in [3.8, 4) is 0 Å². The number of hydrogen-bond donors (Lipinski definition) is 1. The first-order valence-corrected chi connectivity index (χ1v) is 7.86. The van der Waals surface area contributed by atoms with Gasteiger partial charge in [-0.05, 0) is 69.7 Å². The fraction of sp³-hybridized carbons (Fsp3) is 0.812. The summed E-state index contributed by atoms with van der Waals surface area (Å²) in [5, 5.41) is 4.49. The predicted molar refractivity (Wildman–Crippen MR) is 73.8 cm³/mol. The van der Waals surface area contributed by atoms with Gasteiger partial charge in [0, 0.05) is 17.4 Å². The molecule has 1 heterocycles. The lowest BCUT2D eigenvalue weighted by atomic mass is 9.48. The van der Waals surface area contributed by atoms with Crippen molar-refractivity contribution in [2.75, 3.05) is 6.54 Å². The van der Waals surface area contributed by atoms with E-state index in [0.717, 1.165) is 29.9 Å². The summed E-state index contributed by atoms with van der Waals surface area (Å²) in [7, 11) is 0. The van der Waals surface area contributed by atoms with Crippen LogP contribution in [0.1, 0.15) is 55.5 Å². The Kier molecular flexibility index (Phi) is 2.57. The molecule has 4 bridgehead atoms. The quantitative estimate of drug-likeness (QED) is 0.909. The molecule has 3 heteroatoms. The lowest BCUT2D eigenvalue weighted by Crippen LogP contribution is -2.49. The van der Waals surface area contributed by atoms with Crippen LogP contribution in [0, 0.1) is 24.7 Å². The maximum atomic E-state index is 5.66. The molecule has 0 aromatic carbocycles. The minimum atomic E-state index is 0.356. The zero-order chi connectivity index (χ0) is 13.0. The Labute approximate surface area is 114 Å². The molecule has 0 amide bonds. The van der Waals surface area contributed by atoms with E-state index < -0.39 is 0 Å². The molecule has 4 aliphatic carbocycles. The molecule has 0 unspecified atom stereocenters. The van der Waals surface area contributed by atoms with Crippen LogP contribution in [0.5, 0.6) is 0 Å². The molecule has 19 heavy (non-hydrogen) atoms. The highest BCUT2D eigenvalue weighted by Gasteiger charge is 2.53. The Hall–Kier alpha value is -0.830. The molecule has 0 spiro atoms. The normalized spacial score (nSPS) is 40.0. The van der Waals surface area contributed by atoms with Gasteiger partial charge in [-0.2, -0.15) is 0 Å². The summed E-state index contributed by atoms with van der Waals surface area (Å²) in [5.74, 6) is 3.90. The number of nitrogens with zero attached hydrogens (tertiary/aromatic N) is 1. The number of rotatable bonds is 3. The van der Waals surface area contributed by atoms with Gasteiger partial charge in [-0.15, -0.1) is 0 Å². The minimum Gasteiger partial charge on any atom is -0.361 e. The summed E-state index contributed by atoms with van der Waals surface area (Å²) >= 11 is 0. The molecule has 0 atom stereocenters. The van der Waals surface area contributed by atoms with E-state index in [0.29, 0.717) is 12.0 Å². The first-order valence-electron chi connectivity index (χ1n) is 7.86. The van der Waals surface area contributed by atoms with E-state index in [-0.39, 0.29) is 0 Å². The summed E-state index contributed by atoms with van der Waals surface area (Å²) in [6.45, 7) is 2.84. The molecule has 1 aromatic heterocycles. The number of nitrogens with two attached hydrogens (primary N) is 1. The second-order valence-corrected chi connectivity index (χ2v) is 7.32. The Morgan fingerprint density at radius 3 is 2.26 bits per heavy atom. The topological polar surface area (TPSA) is 52.0 Å². The van der Waals surface area contributed by atoms with Gasteiger partial charge in [-0.3, -0.25) is 0 Å². The van der Waals surface area contributed by atoms with Gasteiger partial charge in [-0.1, -0.05) is 5.16 Å². The highest BCUT2D eigenvalue weighted by molar-refractivity contribution is 5.31. The number of hydrogen-bond acceptors (Lipinski definition) is 3. The van der Waals surface area contributed by atoms with Crippen molar-refractivity contribution >= 4 is 0 Å². The summed E-state index contributed by atoms with van der Waals surface area (Å²) in [4.78, 5) is 0. The first-order chi connectivity index (χ1) is 9.20. The third kappa shape index (κ3) is 1.70. The van der Waals surface area contributed by atoms with Gasteiger partial charge in [-0.25, -0.2) is 0 Å². The Bertz CT molecular complexity index is 456. The second-order valence-electron chi connectivity index (χ2n) is 7.32. The second kappa shape index (κ2) is 4.08. The smallest absolute Gasteiger partial charge is 0.141 e. The fourth-order valence-electron chi connectivity index (χ4n) is 5.63. The molecule has 2 N–H and O–H groups in total. The Balaban J connectivity index is 1.71. The van der Waals surface area contributed by atoms with Crippen LogP contribution in [0.4, 0.5) is 0 Å². The molecule has 0 saturated heterocycles. The van der Waals surface area contributed by atoms with Crippen LogP contribution in [0.2, 0.25) is 0 Å². The summed E-state index contributed by atoms with van der Waals surface area (Å²) in [6.07, 6.45) is 9.33. The van der Waals surface area contributed by atoms with Crippen molar-refractivity contribution in [1.82, 2.24) is 5.16 Å².